The summed E-state index contributed by atoms with van der Waals surface area (Å²) in [6.07, 6.45) is 4.43. The van der Waals surface area contributed by atoms with Gasteiger partial charge in [-0.05, 0) is 25.3 Å². The van der Waals surface area contributed by atoms with Crippen molar-refractivity contribution in [2.75, 3.05) is 56.2 Å². The molecule has 0 bridgehead atoms. The Labute approximate surface area is 161 Å². The second-order valence-corrected chi connectivity index (χ2v) is 7.30. The van der Waals surface area contributed by atoms with Crippen LogP contribution < -0.4 is 14.5 Å². The van der Waals surface area contributed by atoms with E-state index in [1.807, 2.05) is 19.2 Å². The number of anilines is 2. The van der Waals surface area contributed by atoms with Crippen molar-refractivity contribution >= 4 is 11.6 Å². The van der Waals surface area contributed by atoms with Crippen molar-refractivity contribution in [3.63, 3.8) is 0 Å². The van der Waals surface area contributed by atoms with Gasteiger partial charge in [-0.15, -0.1) is 0 Å². The molecule has 0 N–H and O–H groups in total. The maximum Gasteiger partial charge on any atom is 0.212 e. The molecule has 2 aromatic heterocycles. The van der Waals surface area contributed by atoms with Crippen LogP contribution in [0.3, 0.4) is 0 Å². The molecule has 0 aromatic carbocycles. The number of hydrogen-bond acceptors (Lipinski definition) is 7. The van der Waals surface area contributed by atoms with Gasteiger partial charge >= 0.3 is 0 Å². The largest absolute Gasteiger partial charge is 0.481 e. The van der Waals surface area contributed by atoms with Crippen LogP contribution in [0, 0.1) is 6.92 Å². The molecule has 2 saturated heterocycles. The van der Waals surface area contributed by atoms with E-state index in [0.717, 1.165) is 63.3 Å². The smallest absolute Gasteiger partial charge is 0.212 e. The Bertz CT molecular complexity index is 752. The summed E-state index contributed by atoms with van der Waals surface area (Å²) >= 11 is 0. The Morgan fingerprint density at radius 2 is 1.59 bits per heavy atom. The lowest BCUT2D eigenvalue weighted by Crippen LogP contribution is -2.46. The molecule has 0 amide bonds. The minimum Gasteiger partial charge on any atom is -0.481 e. The fraction of sp³-hybridized carbons (Fsp3) is 0.550. The molecule has 4 rings (SSSR count). The van der Waals surface area contributed by atoms with Crippen LogP contribution in [0.4, 0.5) is 11.6 Å². The molecular weight excluding hydrogens is 340 g/mol. The molecule has 0 atom stereocenters. The molecule has 2 fully saturated rings. The maximum atomic E-state index is 5.13. The Balaban J connectivity index is 1.37. The number of hydrogen-bond donors (Lipinski definition) is 0. The standard InChI is InChI=1S/C20H28N6O/c1-16-22-18(25-7-3-4-8-25)13-19(23-16)26-11-9-24(10-12-26)15-17-5-6-20(27-2)21-14-17/h5-6,13-14H,3-4,7-12,15H2,1-2H3. The molecule has 2 aliphatic rings. The van der Waals surface area contributed by atoms with Crippen molar-refractivity contribution in [3.05, 3.63) is 35.8 Å². The minimum atomic E-state index is 0.663. The van der Waals surface area contributed by atoms with Crippen molar-refractivity contribution in [1.82, 2.24) is 19.9 Å². The number of methoxy groups -OCH3 is 1. The highest BCUT2D eigenvalue weighted by molar-refractivity contribution is 5.51. The van der Waals surface area contributed by atoms with Crippen molar-refractivity contribution < 1.29 is 4.74 Å². The molecule has 7 heteroatoms. The van der Waals surface area contributed by atoms with Gasteiger partial charge in [0.1, 0.15) is 17.5 Å². The van der Waals surface area contributed by atoms with E-state index >= 15 is 0 Å². The molecule has 144 valence electrons. The zero-order valence-electron chi connectivity index (χ0n) is 16.3. The van der Waals surface area contributed by atoms with Gasteiger partial charge in [0.15, 0.2) is 0 Å². The number of pyridine rings is 1. The van der Waals surface area contributed by atoms with E-state index in [1.165, 1.54) is 18.4 Å². The summed E-state index contributed by atoms with van der Waals surface area (Å²) in [5.41, 5.74) is 1.22. The van der Waals surface area contributed by atoms with Crippen LogP contribution in [0.1, 0.15) is 24.2 Å². The van der Waals surface area contributed by atoms with Crippen molar-refractivity contribution in [2.24, 2.45) is 0 Å². The van der Waals surface area contributed by atoms with E-state index in [1.54, 1.807) is 7.11 Å². The highest BCUT2D eigenvalue weighted by atomic mass is 16.5. The lowest BCUT2D eigenvalue weighted by atomic mass is 10.2. The van der Waals surface area contributed by atoms with Gasteiger partial charge in [0.2, 0.25) is 5.88 Å². The van der Waals surface area contributed by atoms with Crippen molar-refractivity contribution in [3.8, 4) is 5.88 Å². The highest BCUT2D eigenvalue weighted by Crippen LogP contribution is 2.23. The molecule has 2 aromatic rings. The number of nitrogens with zero attached hydrogens (tertiary/aromatic N) is 6. The van der Waals surface area contributed by atoms with Crippen LogP contribution in [-0.4, -0.2) is 66.2 Å². The van der Waals surface area contributed by atoms with E-state index in [2.05, 4.69) is 36.8 Å². The molecule has 2 aliphatic heterocycles. The van der Waals surface area contributed by atoms with Gasteiger partial charge in [0.05, 0.1) is 7.11 Å². The first kappa shape index (κ1) is 18.0. The molecule has 0 aliphatic carbocycles. The first-order valence-electron chi connectivity index (χ1n) is 9.78. The van der Waals surface area contributed by atoms with Gasteiger partial charge in [-0.2, -0.15) is 0 Å². The monoisotopic (exact) mass is 368 g/mol. The third-order valence-corrected chi connectivity index (χ3v) is 5.35. The van der Waals surface area contributed by atoms with Gasteiger partial charge in [-0.1, -0.05) is 6.07 Å². The van der Waals surface area contributed by atoms with Crippen molar-refractivity contribution in [2.45, 2.75) is 26.3 Å². The topological polar surface area (TPSA) is 57.6 Å². The molecule has 0 unspecified atom stereocenters. The number of aryl methyl sites for hydroxylation is 1. The van der Waals surface area contributed by atoms with E-state index in [-0.39, 0.29) is 0 Å². The van der Waals surface area contributed by atoms with E-state index in [4.69, 9.17) is 9.72 Å². The average Bonchev–Trinajstić information content (AvgIpc) is 3.24. The van der Waals surface area contributed by atoms with Crippen molar-refractivity contribution in [1.29, 1.82) is 0 Å². The summed E-state index contributed by atoms with van der Waals surface area (Å²) in [5.74, 6) is 3.68. The molecule has 0 saturated carbocycles. The zero-order valence-corrected chi connectivity index (χ0v) is 16.3. The Morgan fingerprint density at radius 3 is 2.19 bits per heavy atom. The normalized spacial score (nSPS) is 18.1. The first-order chi connectivity index (χ1) is 13.2. The predicted octanol–water partition coefficient (Wildman–Crippen LogP) is 2.11. The van der Waals surface area contributed by atoms with Crippen LogP contribution in [0.2, 0.25) is 0 Å². The van der Waals surface area contributed by atoms with Gasteiger partial charge in [0.25, 0.3) is 0 Å². The zero-order chi connectivity index (χ0) is 18.6. The van der Waals surface area contributed by atoms with Gasteiger partial charge in [-0.25, -0.2) is 15.0 Å². The summed E-state index contributed by atoms with van der Waals surface area (Å²) in [5, 5.41) is 0. The van der Waals surface area contributed by atoms with Crippen LogP contribution in [0.25, 0.3) is 0 Å². The van der Waals surface area contributed by atoms with E-state index in [9.17, 15) is 0 Å². The average molecular weight is 368 g/mol. The molecule has 4 heterocycles. The molecule has 27 heavy (non-hydrogen) atoms. The Kier molecular flexibility index (Phi) is 5.38. The Hall–Kier alpha value is -2.41. The number of rotatable bonds is 5. The summed E-state index contributed by atoms with van der Waals surface area (Å²) in [4.78, 5) is 20.9. The molecule has 7 nitrogen and oxygen atoms in total. The summed E-state index contributed by atoms with van der Waals surface area (Å²) in [6.45, 7) is 9.16. The van der Waals surface area contributed by atoms with Crippen LogP contribution in [0.5, 0.6) is 5.88 Å². The lowest BCUT2D eigenvalue weighted by Gasteiger charge is -2.35. The van der Waals surface area contributed by atoms with E-state index in [0.29, 0.717) is 5.88 Å². The number of piperazine rings is 1. The first-order valence-corrected chi connectivity index (χ1v) is 9.78. The lowest BCUT2D eigenvalue weighted by molar-refractivity contribution is 0.249. The fourth-order valence-electron chi connectivity index (χ4n) is 3.83. The third kappa shape index (κ3) is 4.30. The molecule has 0 spiro atoms. The molecular formula is C20H28N6O. The maximum absolute atomic E-state index is 5.13. The second-order valence-electron chi connectivity index (χ2n) is 7.30. The summed E-state index contributed by atoms with van der Waals surface area (Å²) in [6, 6.07) is 6.19. The second kappa shape index (κ2) is 8.08. The predicted molar refractivity (Wildman–Crippen MR) is 106 cm³/mol. The van der Waals surface area contributed by atoms with Gasteiger partial charge in [-0.3, -0.25) is 4.90 Å². The minimum absolute atomic E-state index is 0.663. The number of ether oxygens (including phenoxy) is 1. The van der Waals surface area contributed by atoms with Crippen LogP contribution >= 0.6 is 0 Å². The quantitative estimate of drug-likeness (QED) is 0.801. The van der Waals surface area contributed by atoms with Gasteiger partial charge < -0.3 is 14.5 Å². The third-order valence-electron chi connectivity index (χ3n) is 5.35. The molecule has 0 radical (unpaired) electrons. The van der Waals surface area contributed by atoms with Crippen LogP contribution in [0.15, 0.2) is 24.4 Å². The number of aromatic nitrogens is 3. The van der Waals surface area contributed by atoms with Crippen LogP contribution in [-0.2, 0) is 6.54 Å². The highest BCUT2D eigenvalue weighted by Gasteiger charge is 2.21. The fourth-order valence-corrected chi connectivity index (χ4v) is 3.83. The van der Waals surface area contributed by atoms with E-state index < -0.39 is 0 Å². The SMILES string of the molecule is COc1ccc(CN2CCN(c3cc(N4CCCC4)nc(C)n3)CC2)cn1. The summed E-state index contributed by atoms with van der Waals surface area (Å²) in [7, 11) is 1.64. The van der Waals surface area contributed by atoms with Gasteiger partial charge in [0, 0.05) is 64.1 Å². The Morgan fingerprint density at radius 1 is 0.926 bits per heavy atom. The summed E-state index contributed by atoms with van der Waals surface area (Å²) < 4.78 is 5.13.